The Morgan fingerprint density at radius 3 is 2.19 bits per heavy atom. The lowest BCUT2D eigenvalue weighted by Gasteiger charge is -2.19. The van der Waals surface area contributed by atoms with Crippen LogP contribution in [-0.4, -0.2) is 22.6 Å². The molecule has 1 rings (SSSR count). The van der Waals surface area contributed by atoms with Crippen molar-refractivity contribution >= 4 is 25.7 Å². The molecule has 0 aliphatic heterocycles. The maximum Gasteiger partial charge on any atom is 0.238 e. The van der Waals surface area contributed by atoms with Gasteiger partial charge >= 0.3 is 0 Å². The number of nitrogens with two attached hydrogens (primary N) is 1. The summed E-state index contributed by atoms with van der Waals surface area (Å²) in [5, 5.41) is 5.10. The molecule has 0 fully saturated rings. The van der Waals surface area contributed by atoms with Gasteiger partial charge in [-0.25, -0.2) is 22.0 Å². The molecule has 0 saturated carbocycles. The van der Waals surface area contributed by atoms with E-state index >= 15 is 0 Å². The van der Waals surface area contributed by atoms with Gasteiger partial charge in [-0.3, -0.25) is 4.72 Å². The second kappa shape index (κ2) is 5.94. The summed E-state index contributed by atoms with van der Waals surface area (Å²) in [6.45, 7) is 7.38. The molecule has 3 N–H and O–H groups in total. The molecule has 0 radical (unpaired) electrons. The summed E-state index contributed by atoms with van der Waals surface area (Å²) >= 11 is 0. The first kappa shape index (κ1) is 17.9. The molecule has 0 saturated heterocycles. The molecule has 0 aliphatic rings. The fourth-order valence-corrected chi connectivity index (χ4v) is 4.04. The van der Waals surface area contributed by atoms with Gasteiger partial charge in [0, 0.05) is 0 Å². The van der Waals surface area contributed by atoms with Gasteiger partial charge in [-0.15, -0.1) is 0 Å². The molecule has 21 heavy (non-hydrogen) atoms. The molecule has 8 heteroatoms. The van der Waals surface area contributed by atoms with E-state index in [2.05, 4.69) is 4.72 Å². The highest BCUT2D eigenvalue weighted by molar-refractivity contribution is 7.92. The summed E-state index contributed by atoms with van der Waals surface area (Å²) < 4.78 is 49.4. The average Bonchev–Trinajstić information content (AvgIpc) is 2.27. The lowest BCUT2D eigenvalue weighted by molar-refractivity contribution is 0.397. The number of rotatable bonds is 5. The molecular weight excluding hydrogens is 312 g/mol. The van der Waals surface area contributed by atoms with Crippen LogP contribution in [0.2, 0.25) is 0 Å². The van der Waals surface area contributed by atoms with Gasteiger partial charge < -0.3 is 0 Å². The smallest absolute Gasteiger partial charge is 0.238 e. The zero-order valence-electron chi connectivity index (χ0n) is 12.7. The van der Waals surface area contributed by atoms with E-state index < -0.39 is 20.0 Å². The number of nitrogens with one attached hydrogen (secondary N) is 1. The summed E-state index contributed by atoms with van der Waals surface area (Å²) in [5.41, 5.74) is 0.418. The molecule has 1 aromatic carbocycles. The Hall–Kier alpha value is -1.12. The molecule has 0 aromatic heterocycles. The Morgan fingerprint density at radius 1 is 1.14 bits per heavy atom. The van der Waals surface area contributed by atoms with Crippen LogP contribution in [0.5, 0.6) is 0 Å². The number of anilines is 1. The van der Waals surface area contributed by atoms with E-state index in [0.717, 1.165) is 0 Å². The van der Waals surface area contributed by atoms with Crippen molar-refractivity contribution in [1.82, 2.24) is 0 Å². The summed E-state index contributed by atoms with van der Waals surface area (Å²) in [6, 6.07) is 4.31. The van der Waals surface area contributed by atoms with Crippen molar-refractivity contribution in [3.8, 4) is 0 Å². The Morgan fingerprint density at radius 2 is 1.71 bits per heavy atom. The minimum Gasteiger partial charge on any atom is -0.283 e. The third kappa shape index (κ3) is 5.64. The van der Waals surface area contributed by atoms with Crippen LogP contribution >= 0.6 is 0 Å². The van der Waals surface area contributed by atoms with Gasteiger partial charge in [0.25, 0.3) is 0 Å². The van der Waals surface area contributed by atoms with Crippen molar-refractivity contribution in [1.29, 1.82) is 0 Å². The molecule has 0 atom stereocenters. The Balaban J connectivity index is 3.04. The van der Waals surface area contributed by atoms with Crippen LogP contribution in [0.1, 0.15) is 32.8 Å². The summed E-state index contributed by atoms with van der Waals surface area (Å²) in [4.78, 5) is -0.0847. The molecule has 0 bridgehead atoms. The van der Waals surface area contributed by atoms with E-state index in [1.807, 2.05) is 20.8 Å². The monoisotopic (exact) mass is 334 g/mol. The van der Waals surface area contributed by atoms with Crippen LogP contribution in [0.15, 0.2) is 23.1 Å². The van der Waals surface area contributed by atoms with Crippen LogP contribution in [0.25, 0.3) is 0 Å². The number of primary sulfonamides is 1. The normalized spacial score (nSPS) is 13.2. The van der Waals surface area contributed by atoms with Crippen molar-refractivity contribution in [3.05, 3.63) is 23.8 Å². The fourth-order valence-electron chi connectivity index (χ4n) is 1.69. The van der Waals surface area contributed by atoms with Gasteiger partial charge in [-0.1, -0.05) is 26.8 Å². The van der Waals surface area contributed by atoms with Crippen molar-refractivity contribution in [2.75, 3.05) is 10.5 Å². The summed E-state index contributed by atoms with van der Waals surface area (Å²) in [7, 11) is -7.42. The number of sulfonamides is 2. The second-order valence-corrected chi connectivity index (χ2v) is 9.58. The van der Waals surface area contributed by atoms with Gasteiger partial charge in [0.2, 0.25) is 20.0 Å². The predicted octanol–water partition coefficient (Wildman–Crippen LogP) is 1.82. The van der Waals surface area contributed by atoms with E-state index in [9.17, 15) is 16.8 Å². The standard InChI is InChI=1S/C13H22N2O4S2/c1-10-11(6-5-7-12(10)21(14,18)19)15-20(16,17)9-8-13(2,3)4/h5-7,15H,8-9H2,1-4H3,(H2,14,18,19). The largest absolute Gasteiger partial charge is 0.283 e. The molecule has 1 aromatic rings. The average molecular weight is 334 g/mol. The molecule has 0 spiro atoms. The van der Waals surface area contributed by atoms with Gasteiger partial charge in [0.1, 0.15) is 0 Å². The summed E-state index contributed by atoms with van der Waals surface area (Å²) in [6.07, 6.45) is 0.496. The minimum absolute atomic E-state index is 0.0322. The van der Waals surface area contributed by atoms with Crippen LogP contribution < -0.4 is 9.86 Å². The zero-order valence-corrected chi connectivity index (χ0v) is 14.3. The quantitative estimate of drug-likeness (QED) is 0.856. The van der Waals surface area contributed by atoms with Crippen molar-refractivity contribution < 1.29 is 16.8 Å². The third-order valence-electron chi connectivity index (χ3n) is 2.98. The second-order valence-electron chi connectivity index (χ2n) is 6.21. The highest BCUT2D eigenvalue weighted by atomic mass is 32.2. The predicted molar refractivity (Wildman–Crippen MR) is 84.0 cm³/mol. The minimum atomic E-state index is -3.88. The number of hydrogen-bond acceptors (Lipinski definition) is 4. The third-order valence-corrected chi connectivity index (χ3v) is 5.30. The molecule has 0 heterocycles. The van der Waals surface area contributed by atoms with E-state index in [1.165, 1.54) is 25.1 Å². The Bertz CT molecular complexity index is 717. The van der Waals surface area contributed by atoms with Gasteiger partial charge in [-0.2, -0.15) is 0 Å². The van der Waals surface area contributed by atoms with Crippen LogP contribution in [0.3, 0.4) is 0 Å². The summed E-state index contributed by atoms with van der Waals surface area (Å²) in [5.74, 6) is -0.0322. The topological polar surface area (TPSA) is 106 Å². The van der Waals surface area contributed by atoms with E-state index in [1.54, 1.807) is 0 Å². The first-order valence-corrected chi connectivity index (χ1v) is 9.65. The molecule has 0 aliphatic carbocycles. The lowest BCUT2D eigenvalue weighted by atomic mass is 9.94. The van der Waals surface area contributed by atoms with Gasteiger partial charge in [0.05, 0.1) is 16.3 Å². The van der Waals surface area contributed by atoms with Crippen LogP contribution in [0.4, 0.5) is 5.69 Å². The Labute approximate surface area is 126 Å². The highest BCUT2D eigenvalue weighted by Gasteiger charge is 2.20. The molecular formula is C13H22N2O4S2. The maximum atomic E-state index is 12.1. The van der Waals surface area contributed by atoms with E-state index in [-0.39, 0.29) is 21.8 Å². The maximum absolute atomic E-state index is 12.1. The van der Waals surface area contributed by atoms with Crippen molar-refractivity contribution in [2.45, 2.75) is 39.0 Å². The molecule has 0 unspecified atom stereocenters. The lowest BCUT2D eigenvalue weighted by Crippen LogP contribution is -2.22. The van der Waals surface area contributed by atoms with Crippen molar-refractivity contribution in [3.63, 3.8) is 0 Å². The molecule has 120 valence electrons. The first-order chi connectivity index (χ1) is 9.32. The highest BCUT2D eigenvalue weighted by Crippen LogP contribution is 2.24. The van der Waals surface area contributed by atoms with Crippen LogP contribution in [0, 0.1) is 12.3 Å². The molecule has 0 amide bonds. The van der Waals surface area contributed by atoms with Crippen molar-refractivity contribution in [2.24, 2.45) is 10.6 Å². The SMILES string of the molecule is Cc1c(NS(=O)(=O)CCC(C)(C)C)cccc1S(N)(=O)=O. The number of benzene rings is 1. The number of hydrogen-bond donors (Lipinski definition) is 2. The van der Waals surface area contributed by atoms with Gasteiger partial charge in [0.15, 0.2) is 0 Å². The fraction of sp³-hybridized carbons (Fsp3) is 0.538. The van der Waals surface area contributed by atoms with Gasteiger partial charge in [-0.05, 0) is 36.5 Å². The van der Waals surface area contributed by atoms with Crippen LogP contribution in [-0.2, 0) is 20.0 Å². The van der Waals surface area contributed by atoms with E-state index in [4.69, 9.17) is 5.14 Å². The first-order valence-electron chi connectivity index (χ1n) is 6.45. The van der Waals surface area contributed by atoms with E-state index in [0.29, 0.717) is 12.0 Å². The zero-order chi connectivity index (χ0) is 16.5. The Kier molecular flexibility index (Phi) is 5.07. The molecule has 6 nitrogen and oxygen atoms in total.